The van der Waals surface area contributed by atoms with Crippen LogP contribution in [-0.2, 0) is 10.0 Å². The van der Waals surface area contributed by atoms with Crippen LogP contribution in [0.25, 0.3) is 11.3 Å². The third-order valence-corrected chi connectivity index (χ3v) is 6.17. The zero-order valence-electron chi connectivity index (χ0n) is 15.4. The van der Waals surface area contributed by atoms with Gasteiger partial charge in [0.15, 0.2) is 5.76 Å². The van der Waals surface area contributed by atoms with E-state index in [2.05, 4.69) is 5.16 Å². The van der Waals surface area contributed by atoms with Gasteiger partial charge in [-0.1, -0.05) is 36.3 Å². The van der Waals surface area contributed by atoms with E-state index in [4.69, 9.17) is 4.52 Å². The summed E-state index contributed by atoms with van der Waals surface area (Å²) in [5, 5.41) is 3.85. The smallest absolute Gasteiger partial charge is 0.264 e. The molecule has 0 spiro atoms. The molecule has 0 radical (unpaired) electrons. The van der Waals surface area contributed by atoms with Crippen LogP contribution in [0.3, 0.4) is 0 Å². The number of hydrogen-bond donors (Lipinski definition) is 0. The van der Waals surface area contributed by atoms with Gasteiger partial charge in [0, 0.05) is 18.2 Å². The largest absolute Gasteiger partial charge is 0.356 e. The van der Waals surface area contributed by atoms with Gasteiger partial charge in [-0.15, -0.1) is 0 Å². The zero-order valence-corrected chi connectivity index (χ0v) is 16.3. The van der Waals surface area contributed by atoms with E-state index in [1.165, 1.54) is 18.2 Å². The normalized spacial score (nSPS) is 11.6. The predicted molar refractivity (Wildman–Crippen MR) is 103 cm³/mol. The average Bonchev–Trinajstić information content (AvgIpc) is 3.07. The second-order valence-electron chi connectivity index (χ2n) is 6.34. The number of rotatable bonds is 6. The standard InChI is InChI=1S/C20H21FN2O3S/c1-4-11-23(18-8-6-5-7-17(18)21)27(24,25)20-13-16(10-9-14(20)2)19-12-15(3)22-26-19/h5-10,12-13H,4,11H2,1-3H3. The Morgan fingerprint density at radius 1 is 1.11 bits per heavy atom. The maximum atomic E-state index is 14.3. The van der Waals surface area contributed by atoms with Crippen molar-refractivity contribution in [2.24, 2.45) is 0 Å². The molecule has 0 saturated carbocycles. The van der Waals surface area contributed by atoms with Crippen molar-refractivity contribution in [1.29, 1.82) is 0 Å². The SMILES string of the molecule is CCCN(c1ccccc1F)S(=O)(=O)c1cc(-c2cc(C)no2)ccc1C. The molecule has 0 saturated heterocycles. The number of aromatic nitrogens is 1. The second kappa shape index (κ2) is 7.52. The fraction of sp³-hybridized carbons (Fsp3) is 0.250. The maximum absolute atomic E-state index is 14.3. The Hall–Kier alpha value is -2.67. The van der Waals surface area contributed by atoms with E-state index in [0.717, 1.165) is 4.31 Å². The molecule has 0 N–H and O–H groups in total. The highest BCUT2D eigenvalue weighted by Gasteiger charge is 2.28. The summed E-state index contributed by atoms with van der Waals surface area (Å²) < 4.78 is 47.5. The van der Waals surface area contributed by atoms with Crippen LogP contribution < -0.4 is 4.31 Å². The topological polar surface area (TPSA) is 63.4 Å². The van der Waals surface area contributed by atoms with Gasteiger partial charge in [0.1, 0.15) is 5.82 Å². The molecule has 0 unspecified atom stereocenters. The second-order valence-corrected chi connectivity index (χ2v) is 8.17. The molecule has 1 aromatic heterocycles. The first-order valence-corrected chi connectivity index (χ1v) is 10.1. The molecule has 0 bridgehead atoms. The van der Waals surface area contributed by atoms with Gasteiger partial charge in [-0.05, 0) is 44.0 Å². The summed E-state index contributed by atoms with van der Waals surface area (Å²) in [7, 11) is -3.96. The summed E-state index contributed by atoms with van der Waals surface area (Å²) in [6.07, 6.45) is 0.549. The number of nitrogens with zero attached hydrogens (tertiary/aromatic N) is 2. The number of sulfonamides is 1. The van der Waals surface area contributed by atoms with Crippen LogP contribution in [0.15, 0.2) is 57.9 Å². The van der Waals surface area contributed by atoms with Gasteiger partial charge in [0.25, 0.3) is 10.0 Å². The van der Waals surface area contributed by atoms with E-state index in [0.29, 0.717) is 29.0 Å². The molecule has 0 aliphatic rings. The van der Waals surface area contributed by atoms with E-state index in [9.17, 15) is 12.8 Å². The Kier molecular flexibility index (Phi) is 5.32. The highest BCUT2D eigenvalue weighted by Crippen LogP contribution is 2.31. The van der Waals surface area contributed by atoms with Crippen molar-refractivity contribution in [2.45, 2.75) is 32.1 Å². The Labute approximate surface area is 158 Å². The van der Waals surface area contributed by atoms with E-state index < -0.39 is 15.8 Å². The molecule has 1 heterocycles. The monoisotopic (exact) mass is 388 g/mol. The first-order chi connectivity index (χ1) is 12.8. The van der Waals surface area contributed by atoms with E-state index in [1.54, 1.807) is 44.2 Å². The van der Waals surface area contributed by atoms with Crippen molar-refractivity contribution in [2.75, 3.05) is 10.8 Å². The van der Waals surface area contributed by atoms with Gasteiger partial charge in [-0.2, -0.15) is 0 Å². The lowest BCUT2D eigenvalue weighted by Crippen LogP contribution is -2.33. The molecular formula is C20H21FN2O3S. The molecule has 0 aliphatic carbocycles. The van der Waals surface area contributed by atoms with Crippen LogP contribution in [0.1, 0.15) is 24.6 Å². The molecule has 0 fully saturated rings. The summed E-state index contributed by atoms with van der Waals surface area (Å²) in [6.45, 7) is 5.53. The Morgan fingerprint density at radius 2 is 1.85 bits per heavy atom. The minimum atomic E-state index is -3.96. The summed E-state index contributed by atoms with van der Waals surface area (Å²) in [5.74, 6) is -0.0916. The van der Waals surface area contributed by atoms with Crippen molar-refractivity contribution < 1.29 is 17.3 Å². The number of benzene rings is 2. The molecule has 2 aromatic carbocycles. The zero-order chi connectivity index (χ0) is 19.6. The van der Waals surface area contributed by atoms with Crippen LogP contribution in [0, 0.1) is 19.7 Å². The lowest BCUT2D eigenvalue weighted by Gasteiger charge is -2.25. The minimum Gasteiger partial charge on any atom is -0.356 e. The van der Waals surface area contributed by atoms with Gasteiger partial charge in [0.05, 0.1) is 16.3 Å². The highest BCUT2D eigenvalue weighted by atomic mass is 32.2. The maximum Gasteiger partial charge on any atom is 0.264 e. The molecular weight excluding hydrogens is 367 g/mol. The van der Waals surface area contributed by atoms with Gasteiger partial charge in [-0.3, -0.25) is 4.31 Å². The van der Waals surface area contributed by atoms with Crippen molar-refractivity contribution in [3.05, 3.63) is 65.6 Å². The van der Waals surface area contributed by atoms with Crippen LogP contribution in [0.4, 0.5) is 10.1 Å². The van der Waals surface area contributed by atoms with Crippen molar-refractivity contribution in [3.8, 4) is 11.3 Å². The van der Waals surface area contributed by atoms with Crippen LogP contribution in [-0.4, -0.2) is 20.1 Å². The third-order valence-electron chi connectivity index (χ3n) is 4.22. The number of anilines is 1. The van der Waals surface area contributed by atoms with Crippen molar-refractivity contribution in [3.63, 3.8) is 0 Å². The molecule has 3 rings (SSSR count). The van der Waals surface area contributed by atoms with Crippen molar-refractivity contribution >= 4 is 15.7 Å². The summed E-state index contributed by atoms with van der Waals surface area (Å²) in [5.41, 5.74) is 1.92. The molecule has 3 aromatic rings. The predicted octanol–water partition coefficient (Wildman–Crippen LogP) is 4.70. The van der Waals surface area contributed by atoms with Gasteiger partial charge >= 0.3 is 0 Å². The fourth-order valence-corrected chi connectivity index (χ4v) is 4.70. The van der Waals surface area contributed by atoms with Crippen molar-refractivity contribution in [1.82, 2.24) is 5.16 Å². The number of para-hydroxylation sites is 1. The first-order valence-electron chi connectivity index (χ1n) is 8.66. The molecule has 5 nitrogen and oxygen atoms in total. The summed E-state index contributed by atoms with van der Waals surface area (Å²) >= 11 is 0. The van der Waals surface area contributed by atoms with Gasteiger partial charge < -0.3 is 4.52 Å². The number of hydrogen-bond acceptors (Lipinski definition) is 4. The van der Waals surface area contributed by atoms with E-state index in [-0.39, 0.29) is 17.1 Å². The summed E-state index contributed by atoms with van der Waals surface area (Å²) in [4.78, 5) is 0.116. The van der Waals surface area contributed by atoms with E-state index >= 15 is 0 Å². The lowest BCUT2D eigenvalue weighted by molar-refractivity contribution is 0.427. The molecule has 0 aliphatic heterocycles. The van der Waals surface area contributed by atoms with Gasteiger partial charge in [0.2, 0.25) is 0 Å². The number of halogens is 1. The quantitative estimate of drug-likeness (QED) is 0.614. The van der Waals surface area contributed by atoms with Crippen LogP contribution in [0.2, 0.25) is 0 Å². The molecule has 27 heavy (non-hydrogen) atoms. The lowest BCUT2D eigenvalue weighted by atomic mass is 10.1. The average molecular weight is 388 g/mol. The first kappa shape index (κ1) is 19.1. The molecule has 0 atom stereocenters. The molecule has 7 heteroatoms. The fourth-order valence-electron chi connectivity index (χ4n) is 2.88. The Balaban J connectivity index is 2.13. The highest BCUT2D eigenvalue weighted by molar-refractivity contribution is 7.92. The van der Waals surface area contributed by atoms with Gasteiger partial charge in [-0.25, -0.2) is 12.8 Å². The third kappa shape index (κ3) is 3.73. The van der Waals surface area contributed by atoms with Crippen LogP contribution in [0.5, 0.6) is 0 Å². The minimum absolute atomic E-state index is 0.0414. The Morgan fingerprint density at radius 3 is 2.48 bits per heavy atom. The molecule has 0 amide bonds. The Bertz CT molecular complexity index is 1060. The number of aryl methyl sites for hydroxylation is 2. The van der Waals surface area contributed by atoms with E-state index in [1.807, 2.05) is 6.92 Å². The summed E-state index contributed by atoms with van der Waals surface area (Å²) in [6, 6.07) is 12.7. The van der Waals surface area contributed by atoms with Crippen LogP contribution >= 0.6 is 0 Å². The molecule has 142 valence electrons.